The van der Waals surface area contributed by atoms with Crippen molar-refractivity contribution in [3.63, 3.8) is 0 Å². The van der Waals surface area contributed by atoms with Gasteiger partial charge in [-0.25, -0.2) is 0 Å². The third kappa shape index (κ3) is 4.72. The number of nitrogens with zero attached hydrogens (tertiary/aromatic N) is 3. The Morgan fingerprint density at radius 2 is 1.72 bits per heavy atom. The van der Waals surface area contributed by atoms with Gasteiger partial charge < -0.3 is 14.4 Å². The lowest BCUT2D eigenvalue weighted by Gasteiger charge is -2.38. The van der Waals surface area contributed by atoms with E-state index >= 15 is 0 Å². The van der Waals surface area contributed by atoms with Crippen molar-refractivity contribution >= 4 is 0 Å². The SMILES string of the molecule is COCCc1noc(CN2CCC(O)(c3ccc(-c4ccccc4)cc3)CC2)n1. The van der Waals surface area contributed by atoms with E-state index in [4.69, 9.17) is 9.26 Å². The van der Waals surface area contributed by atoms with E-state index in [1.807, 2.05) is 18.2 Å². The van der Waals surface area contributed by atoms with Crippen LogP contribution in [0.2, 0.25) is 0 Å². The van der Waals surface area contributed by atoms with E-state index in [0.29, 0.717) is 44.1 Å². The van der Waals surface area contributed by atoms with Crippen LogP contribution in [-0.2, 0) is 23.3 Å². The van der Waals surface area contributed by atoms with E-state index in [-0.39, 0.29) is 0 Å². The molecular formula is C23H27N3O3. The Hall–Kier alpha value is -2.54. The zero-order chi connectivity index (χ0) is 20.1. The summed E-state index contributed by atoms with van der Waals surface area (Å²) in [4.78, 5) is 6.66. The minimum absolute atomic E-state index is 0.582. The molecule has 4 rings (SSSR count). The van der Waals surface area contributed by atoms with Gasteiger partial charge >= 0.3 is 0 Å². The van der Waals surface area contributed by atoms with E-state index in [2.05, 4.69) is 51.4 Å². The third-order valence-electron chi connectivity index (χ3n) is 5.61. The molecule has 1 aliphatic heterocycles. The van der Waals surface area contributed by atoms with Crippen molar-refractivity contribution in [3.8, 4) is 11.1 Å². The molecule has 2 heterocycles. The van der Waals surface area contributed by atoms with Crippen LogP contribution >= 0.6 is 0 Å². The van der Waals surface area contributed by atoms with Crippen LogP contribution in [0, 0.1) is 0 Å². The van der Waals surface area contributed by atoms with Crippen LogP contribution in [0.5, 0.6) is 0 Å². The van der Waals surface area contributed by atoms with Crippen molar-refractivity contribution in [2.24, 2.45) is 0 Å². The van der Waals surface area contributed by atoms with Gasteiger partial charge in [0.05, 0.1) is 18.8 Å². The number of likely N-dealkylation sites (tertiary alicyclic amines) is 1. The van der Waals surface area contributed by atoms with Gasteiger partial charge in [0, 0.05) is 26.6 Å². The lowest BCUT2D eigenvalue weighted by Crippen LogP contribution is -2.42. The molecule has 29 heavy (non-hydrogen) atoms. The molecule has 0 unspecified atom stereocenters. The zero-order valence-corrected chi connectivity index (χ0v) is 16.8. The molecule has 0 radical (unpaired) electrons. The van der Waals surface area contributed by atoms with Gasteiger partial charge in [-0.2, -0.15) is 4.98 Å². The van der Waals surface area contributed by atoms with Crippen molar-refractivity contribution < 1.29 is 14.4 Å². The fourth-order valence-corrected chi connectivity index (χ4v) is 3.81. The van der Waals surface area contributed by atoms with E-state index < -0.39 is 5.60 Å². The summed E-state index contributed by atoms with van der Waals surface area (Å²) in [5, 5.41) is 15.2. The van der Waals surface area contributed by atoms with Crippen LogP contribution in [0.25, 0.3) is 11.1 Å². The summed E-state index contributed by atoms with van der Waals surface area (Å²) in [5.41, 5.74) is 2.54. The minimum atomic E-state index is -0.788. The predicted octanol–water partition coefficient (Wildman–Crippen LogP) is 3.41. The monoisotopic (exact) mass is 393 g/mol. The van der Waals surface area contributed by atoms with Crippen molar-refractivity contribution in [3.05, 3.63) is 71.9 Å². The number of hydrogen-bond acceptors (Lipinski definition) is 6. The molecular weight excluding hydrogens is 366 g/mol. The summed E-state index contributed by atoms with van der Waals surface area (Å²) >= 11 is 0. The average Bonchev–Trinajstić information content (AvgIpc) is 3.22. The highest BCUT2D eigenvalue weighted by Crippen LogP contribution is 2.34. The highest BCUT2D eigenvalue weighted by Gasteiger charge is 2.34. The average molecular weight is 393 g/mol. The van der Waals surface area contributed by atoms with E-state index in [9.17, 15) is 5.11 Å². The molecule has 1 fully saturated rings. The zero-order valence-electron chi connectivity index (χ0n) is 16.8. The molecule has 0 amide bonds. The number of methoxy groups -OCH3 is 1. The Balaban J connectivity index is 1.35. The molecule has 3 aromatic rings. The predicted molar refractivity (Wildman–Crippen MR) is 110 cm³/mol. The molecule has 0 saturated carbocycles. The molecule has 1 saturated heterocycles. The molecule has 0 atom stereocenters. The van der Waals surface area contributed by atoms with Gasteiger partial charge in [0.15, 0.2) is 5.82 Å². The number of rotatable bonds is 7. The standard InChI is InChI=1S/C23H27N3O3/c1-28-16-11-21-24-22(29-25-21)17-26-14-12-23(27,13-15-26)20-9-7-19(8-10-20)18-5-3-2-4-6-18/h2-10,27H,11-17H2,1H3. The Bertz CT molecular complexity index is 901. The summed E-state index contributed by atoms with van der Waals surface area (Å²) in [6, 6.07) is 18.6. The Labute approximate surface area is 171 Å². The van der Waals surface area contributed by atoms with E-state index in [1.54, 1.807) is 7.11 Å². The van der Waals surface area contributed by atoms with E-state index in [1.165, 1.54) is 5.56 Å². The number of aliphatic hydroxyl groups is 1. The van der Waals surface area contributed by atoms with Gasteiger partial charge in [-0.1, -0.05) is 59.8 Å². The first-order valence-electron chi connectivity index (χ1n) is 10.1. The maximum atomic E-state index is 11.2. The van der Waals surface area contributed by atoms with Gasteiger partial charge in [-0.15, -0.1) is 0 Å². The van der Waals surface area contributed by atoms with Crippen LogP contribution in [0.4, 0.5) is 0 Å². The molecule has 0 bridgehead atoms. The molecule has 0 spiro atoms. The Kier molecular flexibility index (Phi) is 6.04. The summed E-state index contributed by atoms with van der Waals surface area (Å²) in [7, 11) is 1.66. The number of hydrogen-bond donors (Lipinski definition) is 1. The van der Waals surface area contributed by atoms with Crippen LogP contribution in [0.1, 0.15) is 30.1 Å². The van der Waals surface area contributed by atoms with Gasteiger partial charge in [0.2, 0.25) is 5.89 Å². The van der Waals surface area contributed by atoms with Gasteiger partial charge in [0.1, 0.15) is 0 Å². The van der Waals surface area contributed by atoms with Gasteiger partial charge in [0.25, 0.3) is 0 Å². The highest BCUT2D eigenvalue weighted by atomic mass is 16.5. The maximum Gasteiger partial charge on any atom is 0.240 e. The topological polar surface area (TPSA) is 71.6 Å². The summed E-state index contributed by atoms with van der Waals surface area (Å²) in [6.45, 7) is 2.77. The van der Waals surface area contributed by atoms with Crippen LogP contribution in [0.3, 0.4) is 0 Å². The summed E-state index contributed by atoms with van der Waals surface area (Å²) in [5.74, 6) is 1.29. The fourth-order valence-electron chi connectivity index (χ4n) is 3.81. The fraction of sp³-hybridized carbons (Fsp3) is 0.391. The molecule has 0 aliphatic carbocycles. The normalized spacial score (nSPS) is 16.8. The third-order valence-corrected chi connectivity index (χ3v) is 5.61. The van der Waals surface area contributed by atoms with E-state index in [0.717, 1.165) is 24.2 Å². The number of ether oxygens (including phenoxy) is 1. The Morgan fingerprint density at radius 1 is 1.03 bits per heavy atom. The first-order chi connectivity index (χ1) is 14.2. The molecule has 2 aromatic carbocycles. The first-order valence-corrected chi connectivity index (χ1v) is 10.1. The lowest BCUT2D eigenvalue weighted by atomic mass is 9.84. The Morgan fingerprint density at radius 3 is 2.41 bits per heavy atom. The van der Waals surface area contributed by atoms with Crippen LogP contribution in [-0.4, -0.2) is 47.0 Å². The van der Waals surface area contributed by atoms with Gasteiger partial charge in [-0.05, 0) is 29.5 Å². The molecule has 1 aromatic heterocycles. The second kappa shape index (κ2) is 8.86. The second-order valence-electron chi connectivity index (χ2n) is 7.60. The summed E-state index contributed by atoms with van der Waals surface area (Å²) < 4.78 is 10.4. The maximum absolute atomic E-state index is 11.2. The molecule has 6 nitrogen and oxygen atoms in total. The highest BCUT2D eigenvalue weighted by molar-refractivity contribution is 5.63. The quantitative estimate of drug-likeness (QED) is 0.663. The molecule has 1 N–H and O–H groups in total. The number of benzene rings is 2. The van der Waals surface area contributed by atoms with Crippen LogP contribution in [0.15, 0.2) is 59.1 Å². The van der Waals surface area contributed by atoms with Crippen molar-refractivity contribution in [1.29, 1.82) is 0 Å². The minimum Gasteiger partial charge on any atom is -0.385 e. The molecule has 6 heteroatoms. The number of aromatic nitrogens is 2. The second-order valence-corrected chi connectivity index (χ2v) is 7.60. The lowest BCUT2D eigenvalue weighted by molar-refractivity contribution is -0.0295. The first kappa shape index (κ1) is 19.8. The molecule has 1 aliphatic rings. The molecule has 152 valence electrons. The smallest absolute Gasteiger partial charge is 0.240 e. The van der Waals surface area contributed by atoms with Crippen LogP contribution < -0.4 is 0 Å². The summed E-state index contributed by atoms with van der Waals surface area (Å²) in [6.07, 6.45) is 2.02. The van der Waals surface area contributed by atoms with Crippen molar-refractivity contribution in [2.75, 3.05) is 26.8 Å². The van der Waals surface area contributed by atoms with Crippen molar-refractivity contribution in [2.45, 2.75) is 31.4 Å². The van der Waals surface area contributed by atoms with Gasteiger partial charge in [-0.3, -0.25) is 4.90 Å². The largest absolute Gasteiger partial charge is 0.385 e. The van der Waals surface area contributed by atoms with Crippen molar-refractivity contribution in [1.82, 2.24) is 15.0 Å². The number of piperidine rings is 1.